The molecule has 1 aromatic rings. The summed E-state index contributed by atoms with van der Waals surface area (Å²) in [5, 5.41) is 4.00. The van der Waals surface area contributed by atoms with Crippen molar-refractivity contribution in [2.24, 2.45) is 5.92 Å². The van der Waals surface area contributed by atoms with Gasteiger partial charge in [0.2, 0.25) is 0 Å². The molecular formula is C12H17ClN2O. The molecular weight excluding hydrogens is 224 g/mol. The van der Waals surface area contributed by atoms with Gasteiger partial charge in [-0.15, -0.1) is 0 Å². The predicted molar refractivity (Wildman–Crippen MR) is 65.9 cm³/mol. The Morgan fingerprint density at radius 1 is 1.56 bits per heavy atom. The van der Waals surface area contributed by atoms with Gasteiger partial charge in [-0.25, -0.2) is 4.98 Å². The van der Waals surface area contributed by atoms with Crippen LogP contribution in [0.3, 0.4) is 0 Å². The lowest BCUT2D eigenvalue weighted by Crippen LogP contribution is -2.23. The van der Waals surface area contributed by atoms with E-state index in [1.807, 2.05) is 12.1 Å². The number of pyridine rings is 1. The Hall–Kier alpha value is -0.800. The second kappa shape index (κ2) is 5.51. The van der Waals surface area contributed by atoms with Gasteiger partial charge in [-0.3, -0.25) is 0 Å². The zero-order valence-electron chi connectivity index (χ0n) is 9.45. The molecule has 1 aliphatic heterocycles. The molecule has 3 nitrogen and oxygen atoms in total. The molecule has 1 saturated heterocycles. The van der Waals surface area contributed by atoms with Gasteiger partial charge in [-0.1, -0.05) is 18.5 Å². The molecule has 0 aliphatic carbocycles. The predicted octanol–water partition coefficient (Wildman–Crippen LogP) is 2.96. The lowest BCUT2D eigenvalue weighted by atomic mass is 10.00. The number of anilines is 1. The van der Waals surface area contributed by atoms with Crippen molar-refractivity contribution in [2.45, 2.75) is 25.9 Å². The summed E-state index contributed by atoms with van der Waals surface area (Å²) in [5.74, 6) is 1.48. The van der Waals surface area contributed by atoms with E-state index in [0.29, 0.717) is 17.0 Å². The largest absolute Gasteiger partial charge is 0.378 e. The van der Waals surface area contributed by atoms with Gasteiger partial charge in [-0.05, 0) is 25.0 Å². The molecule has 88 valence electrons. The minimum Gasteiger partial charge on any atom is -0.378 e. The minimum absolute atomic E-state index is 0.403. The Morgan fingerprint density at radius 2 is 2.44 bits per heavy atom. The number of nitrogens with one attached hydrogen (secondary N) is 1. The summed E-state index contributed by atoms with van der Waals surface area (Å²) < 4.78 is 5.64. The highest BCUT2D eigenvalue weighted by atomic mass is 35.5. The molecule has 1 aliphatic rings. The van der Waals surface area contributed by atoms with Crippen molar-refractivity contribution in [1.82, 2.24) is 4.98 Å². The van der Waals surface area contributed by atoms with E-state index >= 15 is 0 Å². The summed E-state index contributed by atoms with van der Waals surface area (Å²) in [7, 11) is 0. The van der Waals surface area contributed by atoms with Crippen LogP contribution in [0.1, 0.15) is 19.8 Å². The molecule has 1 aromatic heterocycles. The summed E-state index contributed by atoms with van der Waals surface area (Å²) >= 11 is 5.77. The molecule has 0 amide bonds. The molecule has 16 heavy (non-hydrogen) atoms. The number of halogens is 1. The molecule has 2 unspecified atom stereocenters. The van der Waals surface area contributed by atoms with Crippen LogP contribution in [0.2, 0.25) is 5.02 Å². The average molecular weight is 241 g/mol. The van der Waals surface area contributed by atoms with E-state index in [1.165, 1.54) is 0 Å². The maximum absolute atomic E-state index is 5.77. The second-order valence-electron chi connectivity index (χ2n) is 4.11. The van der Waals surface area contributed by atoms with Crippen molar-refractivity contribution < 1.29 is 4.74 Å². The zero-order valence-corrected chi connectivity index (χ0v) is 10.2. The van der Waals surface area contributed by atoms with E-state index < -0.39 is 0 Å². The maximum atomic E-state index is 5.77. The van der Waals surface area contributed by atoms with E-state index in [0.717, 1.165) is 31.8 Å². The lowest BCUT2D eigenvalue weighted by molar-refractivity contribution is 0.0900. The van der Waals surface area contributed by atoms with E-state index in [-0.39, 0.29) is 0 Å². The molecule has 1 fully saturated rings. The van der Waals surface area contributed by atoms with Gasteiger partial charge in [0.1, 0.15) is 5.82 Å². The first-order valence-corrected chi connectivity index (χ1v) is 6.14. The molecule has 2 rings (SSSR count). The fourth-order valence-electron chi connectivity index (χ4n) is 2.09. The third-order valence-electron chi connectivity index (χ3n) is 3.02. The van der Waals surface area contributed by atoms with Crippen LogP contribution in [-0.4, -0.2) is 24.2 Å². The minimum atomic E-state index is 0.403. The van der Waals surface area contributed by atoms with Crippen LogP contribution in [0.25, 0.3) is 0 Å². The summed E-state index contributed by atoms with van der Waals surface area (Å²) in [6.45, 7) is 3.98. The van der Waals surface area contributed by atoms with Crippen molar-refractivity contribution in [3.8, 4) is 0 Å². The quantitative estimate of drug-likeness (QED) is 0.879. The van der Waals surface area contributed by atoms with Gasteiger partial charge in [0.05, 0.1) is 11.1 Å². The van der Waals surface area contributed by atoms with Crippen LogP contribution >= 0.6 is 11.6 Å². The summed E-state index contributed by atoms with van der Waals surface area (Å²) in [4.78, 5) is 4.21. The number of rotatable bonds is 4. The van der Waals surface area contributed by atoms with E-state index in [9.17, 15) is 0 Å². The molecule has 0 bridgehead atoms. The van der Waals surface area contributed by atoms with Gasteiger partial charge in [0.15, 0.2) is 0 Å². The molecule has 0 spiro atoms. The Labute approximate surface area is 101 Å². The monoisotopic (exact) mass is 240 g/mol. The third-order valence-corrected chi connectivity index (χ3v) is 3.25. The van der Waals surface area contributed by atoms with E-state index in [2.05, 4.69) is 17.2 Å². The zero-order chi connectivity index (χ0) is 11.4. The van der Waals surface area contributed by atoms with E-state index in [1.54, 1.807) is 6.20 Å². The second-order valence-corrected chi connectivity index (χ2v) is 4.55. The van der Waals surface area contributed by atoms with Crippen molar-refractivity contribution in [1.29, 1.82) is 0 Å². The van der Waals surface area contributed by atoms with Crippen molar-refractivity contribution in [2.75, 3.05) is 18.5 Å². The highest BCUT2D eigenvalue weighted by Crippen LogP contribution is 2.23. The SMILES string of the molecule is CCC1OCCC1CNc1ccc(Cl)cn1. The smallest absolute Gasteiger partial charge is 0.125 e. The van der Waals surface area contributed by atoms with Gasteiger partial charge in [0, 0.05) is 25.3 Å². The highest BCUT2D eigenvalue weighted by molar-refractivity contribution is 6.30. The number of aromatic nitrogens is 1. The van der Waals surface area contributed by atoms with Crippen LogP contribution in [0.15, 0.2) is 18.3 Å². The first kappa shape index (κ1) is 11.7. The van der Waals surface area contributed by atoms with Gasteiger partial charge >= 0.3 is 0 Å². The first-order valence-electron chi connectivity index (χ1n) is 5.76. The Balaban J connectivity index is 1.85. The molecule has 2 heterocycles. The molecule has 2 atom stereocenters. The van der Waals surface area contributed by atoms with Gasteiger partial charge in [-0.2, -0.15) is 0 Å². The fraction of sp³-hybridized carbons (Fsp3) is 0.583. The standard InChI is InChI=1S/C12H17ClN2O/c1-2-11-9(5-6-16-11)7-14-12-4-3-10(13)8-15-12/h3-4,8-9,11H,2,5-7H2,1H3,(H,14,15). The van der Waals surface area contributed by atoms with Crippen LogP contribution in [0.4, 0.5) is 5.82 Å². The summed E-state index contributed by atoms with van der Waals surface area (Å²) in [6, 6.07) is 3.75. The summed E-state index contributed by atoms with van der Waals surface area (Å²) in [5.41, 5.74) is 0. The lowest BCUT2D eigenvalue weighted by Gasteiger charge is -2.17. The first-order chi connectivity index (χ1) is 7.79. The average Bonchev–Trinajstić information content (AvgIpc) is 2.76. The maximum Gasteiger partial charge on any atom is 0.125 e. The Kier molecular flexibility index (Phi) is 4.02. The topological polar surface area (TPSA) is 34.1 Å². The third kappa shape index (κ3) is 2.86. The normalized spacial score (nSPS) is 24.6. The van der Waals surface area contributed by atoms with Crippen molar-refractivity contribution in [3.63, 3.8) is 0 Å². The molecule has 0 aromatic carbocycles. The van der Waals surface area contributed by atoms with Crippen molar-refractivity contribution in [3.05, 3.63) is 23.4 Å². The van der Waals surface area contributed by atoms with Gasteiger partial charge < -0.3 is 10.1 Å². The number of hydrogen-bond donors (Lipinski definition) is 1. The van der Waals surface area contributed by atoms with Gasteiger partial charge in [0.25, 0.3) is 0 Å². The molecule has 4 heteroatoms. The van der Waals surface area contributed by atoms with Crippen LogP contribution < -0.4 is 5.32 Å². The van der Waals surface area contributed by atoms with Crippen LogP contribution in [0.5, 0.6) is 0 Å². The number of nitrogens with zero attached hydrogens (tertiary/aromatic N) is 1. The Morgan fingerprint density at radius 3 is 3.12 bits per heavy atom. The van der Waals surface area contributed by atoms with E-state index in [4.69, 9.17) is 16.3 Å². The Bertz CT molecular complexity index is 328. The molecule has 1 N–H and O–H groups in total. The number of ether oxygens (including phenoxy) is 1. The number of hydrogen-bond acceptors (Lipinski definition) is 3. The molecule has 0 saturated carbocycles. The molecule has 0 radical (unpaired) electrons. The van der Waals surface area contributed by atoms with Crippen molar-refractivity contribution >= 4 is 17.4 Å². The fourth-order valence-corrected chi connectivity index (χ4v) is 2.21. The van der Waals surface area contributed by atoms with Crippen LogP contribution in [-0.2, 0) is 4.74 Å². The van der Waals surface area contributed by atoms with Crippen LogP contribution in [0, 0.1) is 5.92 Å². The summed E-state index contributed by atoms with van der Waals surface area (Å²) in [6.07, 6.45) is 4.28. The highest BCUT2D eigenvalue weighted by Gasteiger charge is 2.26.